The van der Waals surface area contributed by atoms with Gasteiger partial charge in [0.2, 0.25) is 5.60 Å². The van der Waals surface area contributed by atoms with Crippen LogP contribution >= 0.6 is 0 Å². The van der Waals surface area contributed by atoms with E-state index in [0.717, 1.165) is 5.56 Å². The minimum absolute atomic E-state index is 0.0160. The predicted octanol–water partition coefficient (Wildman–Crippen LogP) is 3.19. The summed E-state index contributed by atoms with van der Waals surface area (Å²) >= 11 is 0. The normalized spacial score (nSPS) is 24.6. The minimum atomic E-state index is -4.80. The maximum atomic E-state index is 13.8. The highest BCUT2D eigenvalue weighted by Gasteiger charge is 2.62. The lowest BCUT2D eigenvalue weighted by Gasteiger charge is -2.35. The first-order chi connectivity index (χ1) is 11.9. The number of halogens is 3. The van der Waals surface area contributed by atoms with Crippen molar-refractivity contribution in [1.82, 2.24) is 5.32 Å². The fourth-order valence-corrected chi connectivity index (χ4v) is 3.22. The Hall–Kier alpha value is -1.60. The van der Waals surface area contributed by atoms with Crippen molar-refractivity contribution < 1.29 is 27.8 Å². The molecule has 140 valence electrons. The Labute approximate surface area is 145 Å². The Kier molecular flexibility index (Phi) is 6.84. The van der Waals surface area contributed by atoms with Crippen LogP contribution in [0.15, 0.2) is 30.3 Å². The number of amides is 1. The van der Waals surface area contributed by atoms with Gasteiger partial charge >= 0.3 is 6.18 Å². The van der Waals surface area contributed by atoms with Crippen LogP contribution in [0, 0.1) is 5.92 Å². The van der Waals surface area contributed by atoms with Crippen molar-refractivity contribution in [3.8, 4) is 0 Å². The molecule has 0 aliphatic carbocycles. The van der Waals surface area contributed by atoms with Gasteiger partial charge < -0.3 is 15.2 Å². The first kappa shape index (κ1) is 19.7. The first-order valence-corrected chi connectivity index (χ1v) is 8.53. The van der Waals surface area contributed by atoms with E-state index in [2.05, 4.69) is 5.32 Å². The van der Waals surface area contributed by atoms with Crippen molar-refractivity contribution >= 4 is 5.91 Å². The second-order valence-corrected chi connectivity index (χ2v) is 6.42. The lowest BCUT2D eigenvalue weighted by Crippen LogP contribution is -2.59. The summed E-state index contributed by atoms with van der Waals surface area (Å²) in [7, 11) is 0. The maximum absolute atomic E-state index is 13.8. The fraction of sp³-hybridized carbons (Fsp3) is 0.611. The Morgan fingerprint density at radius 1 is 1.32 bits per heavy atom. The van der Waals surface area contributed by atoms with Crippen LogP contribution in [-0.2, 0) is 16.1 Å². The number of hydrogen-bond acceptors (Lipinski definition) is 3. The summed E-state index contributed by atoms with van der Waals surface area (Å²) in [5.41, 5.74) is -2.10. The summed E-state index contributed by atoms with van der Waals surface area (Å²) in [6.07, 6.45) is -3.30. The molecule has 2 atom stereocenters. The number of nitrogens with one attached hydrogen (secondary N) is 1. The number of alkyl halides is 3. The second kappa shape index (κ2) is 8.67. The molecule has 0 unspecified atom stereocenters. The van der Waals surface area contributed by atoms with Crippen molar-refractivity contribution in [3.05, 3.63) is 35.9 Å². The van der Waals surface area contributed by atoms with Crippen molar-refractivity contribution in [3.63, 3.8) is 0 Å². The average Bonchev–Trinajstić information content (AvgIpc) is 2.82. The van der Waals surface area contributed by atoms with Crippen LogP contribution in [0.5, 0.6) is 0 Å². The number of hydrogen-bond donors (Lipinski definition) is 2. The highest BCUT2D eigenvalue weighted by molar-refractivity contribution is 5.86. The molecule has 1 amide bonds. The topological polar surface area (TPSA) is 58.6 Å². The number of carbonyl (C=O) groups excluding carboxylic acids is 1. The SMILES string of the molecule is O=C(NCc1ccccc1)[C@]1(C(F)(F)F)C[C@H](CCCO)CCCO1. The lowest BCUT2D eigenvalue weighted by atomic mass is 9.84. The van der Waals surface area contributed by atoms with Crippen LogP contribution in [0.2, 0.25) is 0 Å². The molecule has 0 aromatic heterocycles. The molecule has 0 bridgehead atoms. The molecule has 7 heteroatoms. The second-order valence-electron chi connectivity index (χ2n) is 6.42. The van der Waals surface area contributed by atoms with Gasteiger partial charge in [0.15, 0.2) is 0 Å². The van der Waals surface area contributed by atoms with Gasteiger partial charge in [-0.1, -0.05) is 30.3 Å². The molecular formula is C18H24F3NO3. The van der Waals surface area contributed by atoms with Gasteiger partial charge in [-0.15, -0.1) is 0 Å². The zero-order valence-electron chi connectivity index (χ0n) is 14.0. The Morgan fingerprint density at radius 2 is 2.04 bits per heavy atom. The van der Waals surface area contributed by atoms with Gasteiger partial charge in [-0.05, 0) is 43.6 Å². The zero-order valence-corrected chi connectivity index (χ0v) is 14.0. The number of aliphatic hydroxyl groups is 1. The largest absolute Gasteiger partial charge is 0.426 e. The third-order valence-electron chi connectivity index (χ3n) is 4.57. The maximum Gasteiger partial charge on any atom is 0.426 e. The summed E-state index contributed by atoms with van der Waals surface area (Å²) in [5.74, 6) is -1.45. The highest BCUT2D eigenvalue weighted by atomic mass is 19.4. The molecule has 2 rings (SSSR count). The molecule has 0 spiro atoms. The van der Waals surface area contributed by atoms with E-state index < -0.39 is 24.1 Å². The molecule has 1 fully saturated rings. The van der Waals surface area contributed by atoms with Gasteiger partial charge in [0.25, 0.3) is 5.91 Å². The number of benzene rings is 1. The van der Waals surface area contributed by atoms with Crippen molar-refractivity contribution in [2.45, 2.75) is 50.4 Å². The Morgan fingerprint density at radius 3 is 2.68 bits per heavy atom. The smallest absolute Gasteiger partial charge is 0.396 e. The van der Waals surface area contributed by atoms with Crippen molar-refractivity contribution in [2.24, 2.45) is 5.92 Å². The molecule has 0 saturated carbocycles. The Balaban J connectivity index is 2.16. The summed E-state index contributed by atoms with van der Waals surface area (Å²) in [6.45, 7) is -0.160. The molecule has 1 aromatic rings. The van der Waals surface area contributed by atoms with E-state index >= 15 is 0 Å². The quantitative estimate of drug-likeness (QED) is 0.820. The molecule has 2 N–H and O–H groups in total. The molecule has 0 radical (unpaired) electrons. The van der Waals surface area contributed by atoms with Crippen LogP contribution in [0.4, 0.5) is 13.2 Å². The summed E-state index contributed by atoms with van der Waals surface area (Å²) < 4.78 is 46.6. The standard InChI is InChI=1S/C18H24F3NO3/c19-18(20,21)17(12-14(8-4-10-23)9-5-11-25-17)16(24)22-13-15-6-2-1-3-7-15/h1-3,6-7,14,23H,4-5,8-13H2,(H,22,24)/t14-,17+/m1/s1. The monoisotopic (exact) mass is 359 g/mol. The number of rotatable bonds is 6. The van der Waals surface area contributed by atoms with E-state index in [1.54, 1.807) is 30.3 Å². The highest BCUT2D eigenvalue weighted by Crippen LogP contribution is 2.42. The average molecular weight is 359 g/mol. The fourth-order valence-electron chi connectivity index (χ4n) is 3.22. The van der Waals surface area contributed by atoms with Crippen molar-refractivity contribution in [2.75, 3.05) is 13.2 Å². The third-order valence-corrected chi connectivity index (χ3v) is 4.57. The summed E-state index contributed by atoms with van der Waals surface area (Å²) in [5, 5.41) is 11.3. The number of ether oxygens (including phenoxy) is 1. The van der Waals surface area contributed by atoms with Crippen molar-refractivity contribution in [1.29, 1.82) is 0 Å². The molecule has 1 heterocycles. The summed E-state index contributed by atoms with van der Waals surface area (Å²) in [6, 6.07) is 8.78. The van der Waals surface area contributed by atoms with Gasteiger partial charge in [-0.3, -0.25) is 4.79 Å². The first-order valence-electron chi connectivity index (χ1n) is 8.53. The molecule has 25 heavy (non-hydrogen) atoms. The third kappa shape index (κ3) is 4.95. The van der Waals surface area contributed by atoms with E-state index in [9.17, 15) is 18.0 Å². The van der Waals surface area contributed by atoms with E-state index in [4.69, 9.17) is 9.84 Å². The van der Waals surface area contributed by atoms with E-state index in [1.807, 2.05) is 0 Å². The molecule has 1 aliphatic heterocycles. The van der Waals surface area contributed by atoms with Crippen LogP contribution in [0.25, 0.3) is 0 Å². The molecular weight excluding hydrogens is 335 g/mol. The van der Waals surface area contributed by atoms with E-state index in [0.29, 0.717) is 25.7 Å². The van der Waals surface area contributed by atoms with Gasteiger partial charge in [-0.25, -0.2) is 0 Å². The van der Waals surface area contributed by atoms with E-state index in [-0.39, 0.29) is 25.7 Å². The van der Waals surface area contributed by atoms with Gasteiger partial charge in [0.1, 0.15) is 0 Å². The molecule has 1 saturated heterocycles. The summed E-state index contributed by atoms with van der Waals surface area (Å²) in [4.78, 5) is 12.5. The van der Waals surface area contributed by atoms with Gasteiger partial charge in [0.05, 0.1) is 0 Å². The number of aliphatic hydroxyl groups excluding tert-OH is 1. The van der Waals surface area contributed by atoms with Crippen LogP contribution in [0.3, 0.4) is 0 Å². The minimum Gasteiger partial charge on any atom is -0.396 e. The van der Waals surface area contributed by atoms with E-state index in [1.165, 1.54) is 0 Å². The Bertz CT molecular complexity index is 550. The van der Waals surface area contributed by atoms with Crippen LogP contribution in [0.1, 0.15) is 37.7 Å². The molecule has 1 aromatic carbocycles. The lowest BCUT2D eigenvalue weighted by molar-refractivity contribution is -0.269. The van der Waals surface area contributed by atoms with Gasteiger partial charge in [-0.2, -0.15) is 13.2 Å². The zero-order chi connectivity index (χ0) is 18.3. The number of carbonyl (C=O) groups is 1. The van der Waals surface area contributed by atoms with Gasteiger partial charge in [0, 0.05) is 19.8 Å². The van der Waals surface area contributed by atoms with Crippen LogP contribution in [-0.4, -0.2) is 36.0 Å². The molecule has 4 nitrogen and oxygen atoms in total. The predicted molar refractivity (Wildman–Crippen MR) is 86.7 cm³/mol. The molecule has 1 aliphatic rings. The van der Waals surface area contributed by atoms with Crippen LogP contribution < -0.4 is 5.32 Å².